The molecule has 3 aromatic rings. The zero-order valence-corrected chi connectivity index (χ0v) is 22.4. The Bertz CT molecular complexity index is 1530. The van der Waals surface area contributed by atoms with Gasteiger partial charge in [0.1, 0.15) is 10.7 Å². The molecule has 0 atom stereocenters. The first-order valence-electron chi connectivity index (χ1n) is 12.0. The first kappa shape index (κ1) is 25.6. The van der Waals surface area contributed by atoms with Gasteiger partial charge in [-0.25, -0.2) is 9.38 Å². The Kier molecular flexibility index (Phi) is 7.54. The van der Waals surface area contributed by atoms with Crippen molar-refractivity contribution >= 4 is 51.7 Å². The number of nitrogens with one attached hydrogen (secondary N) is 1. The summed E-state index contributed by atoms with van der Waals surface area (Å²) in [5, 5.41) is 16.0. The van der Waals surface area contributed by atoms with Crippen LogP contribution in [0, 0.1) is 17.1 Å². The lowest BCUT2D eigenvalue weighted by Crippen LogP contribution is -2.29. The summed E-state index contributed by atoms with van der Waals surface area (Å²) in [6.07, 6.45) is 0. The minimum Gasteiger partial charge on any atom is -0.384 e. The van der Waals surface area contributed by atoms with Crippen molar-refractivity contribution in [2.45, 2.75) is 13.5 Å². The Morgan fingerprint density at radius 1 is 1.08 bits per heavy atom. The molecule has 1 saturated heterocycles. The Balaban J connectivity index is 1.55. The molecule has 0 aliphatic carbocycles. The van der Waals surface area contributed by atoms with E-state index in [2.05, 4.69) is 11.4 Å². The monoisotopic (exact) mass is 541 g/mol. The number of amidine groups is 1. The highest BCUT2D eigenvalue weighted by atomic mass is 32.2. The molecule has 38 heavy (non-hydrogen) atoms. The van der Waals surface area contributed by atoms with E-state index in [0.29, 0.717) is 34.4 Å². The first-order chi connectivity index (χ1) is 18.5. The summed E-state index contributed by atoms with van der Waals surface area (Å²) in [6.45, 7) is 3.04. The number of rotatable bonds is 6. The summed E-state index contributed by atoms with van der Waals surface area (Å²) >= 11 is 2.74. The second-order valence-electron chi connectivity index (χ2n) is 8.57. The van der Waals surface area contributed by atoms with Gasteiger partial charge >= 0.3 is 0 Å². The lowest BCUT2D eigenvalue weighted by Gasteiger charge is -2.19. The maximum absolute atomic E-state index is 13.9. The lowest BCUT2D eigenvalue weighted by molar-refractivity contribution is -0.122. The smallest absolute Gasteiger partial charge is 0.269 e. The molecule has 0 bridgehead atoms. The van der Waals surface area contributed by atoms with Crippen LogP contribution in [-0.2, 0) is 11.3 Å². The Morgan fingerprint density at radius 2 is 1.89 bits per heavy atom. The summed E-state index contributed by atoms with van der Waals surface area (Å²) in [5.41, 5.74) is 4.41. The van der Waals surface area contributed by atoms with Gasteiger partial charge in [-0.1, -0.05) is 54.2 Å². The molecule has 190 valence electrons. The van der Waals surface area contributed by atoms with E-state index in [4.69, 9.17) is 4.99 Å². The number of nitriles is 1. The highest BCUT2D eigenvalue weighted by Gasteiger charge is 2.38. The summed E-state index contributed by atoms with van der Waals surface area (Å²) < 4.78 is 13.9. The van der Waals surface area contributed by atoms with Gasteiger partial charge in [0.15, 0.2) is 5.17 Å². The van der Waals surface area contributed by atoms with Crippen molar-refractivity contribution in [3.63, 3.8) is 0 Å². The molecule has 0 spiro atoms. The van der Waals surface area contributed by atoms with E-state index < -0.39 is 0 Å². The van der Waals surface area contributed by atoms with Crippen molar-refractivity contribution in [2.75, 3.05) is 18.9 Å². The van der Waals surface area contributed by atoms with E-state index in [9.17, 15) is 14.4 Å². The molecule has 6 nitrogen and oxygen atoms in total. The minimum atomic E-state index is -0.311. The van der Waals surface area contributed by atoms with Crippen molar-refractivity contribution in [3.05, 3.63) is 111 Å². The average Bonchev–Trinajstić information content (AvgIpc) is 3.45. The Hall–Kier alpha value is -4.00. The Labute approximate surface area is 229 Å². The predicted octanol–water partition coefficient (Wildman–Crippen LogP) is 6.74. The molecule has 3 aromatic carbocycles. The topological polar surface area (TPSA) is 71.7 Å². The number of hydrogen-bond acceptors (Lipinski definition) is 7. The van der Waals surface area contributed by atoms with Crippen LogP contribution in [0.2, 0.25) is 0 Å². The molecular weight excluding hydrogens is 517 g/mol. The number of aliphatic imine (C=N–C) groups is 1. The highest BCUT2D eigenvalue weighted by molar-refractivity contribution is 8.19. The van der Waals surface area contributed by atoms with E-state index in [1.54, 1.807) is 23.1 Å². The molecule has 1 amide bonds. The van der Waals surface area contributed by atoms with Crippen molar-refractivity contribution in [3.8, 4) is 6.07 Å². The SMILES string of the molecule is CCNc1ccc(C#N)cc1N=C1SC(=C2SC=C(c3cccc(F)c3)N2C)C(=O)N1Cc1ccccc1. The third kappa shape index (κ3) is 5.19. The van der Waals surface area contributed by atoms with E-state index in [1.807, 2.05) is 66.7 Å². The fourth-order valence-corrected chi connectivity index (χ4v) is 6.40. The summed E-state index contributed by atoms with van der Waals surface area (Å²) in [6, 6.07) is 23.7. The molecular formula is C29H24FN5OS2. The quantitative estimate of drug-likeness (QED) is 0.349. The fraction of sp³-hybridized carbons (Fsp3) is 0.138. The molecule has 2 aliphatic heterocycles. The van der Waals surface area contributed by atoms with Crippen LogP contribution in [0.25, 0.3) is 5.70 Å². The number of thioether (sulfide) groups is 2. The summed E-state index contributed by atoms with van der Waals surface area (Å²) in [5.74, 6) is -0.462. The molecule has 2 aliphatic rings. The number of benzene rings is 3. The van der Waals surface area contributed by atoms with Crippen LogP contribution in [0.1, 0.15) is 23.6 Å². The van der Waals surface area contributed by atoms with Crippen molar-refractivity contribution in [1.82, 2.24) is 9.80 Å². The third-order valence-electron chi connectivity index (χ3n) is 6.02. The molecule has 2 heterocycles. The zero-order chi connectivity index (χ0) is 26.6. The maximum atomic E-state index is 13.9. The van der Waals surface area contributed by atoms with Gasteiger partial charge in [-0.15, -0.1) is 0 Å². The summed E-state index contributed by atoms with van der Waals surface area (Å²) in [4.78, 5) is 22.9. The molecule has 0 saturated carbocycles. The van der Waals surface area contributed by atoms with E-state index in [0.717, 1.165) is 27.5 Å². The van der Waals surface area contributed by atoms with Gasteiger partial charge < -0.3 is 10.2 Å². The van der Waals surface area contributed by atoms with Crippen LogP contribution in [0.3, 0.4) is 0 Å². The molecule has 9 heteroatoms. The van der Waals surface area contributed by atoms with Crippen LogP contribution in [0.15, 0.2) is 93.1 Å². The number of nitrogens with zero attached hydrogens (tertiary/aromatic N) is 4. The Morgan fingerprint density at radius 3 is 2.63 bits per heavy atom. The van der Waals surface area contributed by atoms with E-state index in [-0.39, 0.29) is 11.7 Å². The van der Waals surface area contributed by atoms with Crippen molar-refractivity contribution in [2.24, 2.45) is 4.99 Å². The predicted molar refractivity (Wildman–Crippen MR) is 154 cm³/mol. The highest BCUT2D eigenvalue weighted by Crippen LogP contribution is 2.46. The van der Waals surface area contributed by atoms with E-state index in [1.165, 1.54) is 35.7 Å². The van der Waals surface area contributed by atoms with E-state index >= 15 is 0 Å². The fourth-order valence-electron chi connectivity index (χ4n) is 4.15. The number of amides is 1. The van der Waals surface area contributed by atoms with Gasteiger partial charge in [0.25, 0.3) is 5.91 Å². The van der Waals surface area contributed by atoms with Gasteiger partial charge in [0.2, 0.25) is 0 Å². The van der Waals surface area contributed by atoms with Crippen molar-refractivity contribution in [1.29, 1.82) is 5.26 Å². The number of hydrogen-bond donors (Lipinski definition) is 1. The van der Waals surface area contributed by atoms with Crippen LogP contribution in [0.4, 0.5) is 15.8 Å². The minimum absolute atomic E-state index is 0.151. The average molecular weight is 542 g/mol. The van der Waals surface area contributed by atoms with Crippen molar-refractivity contribution < 1.29 is 9.18 Å². The van der Waals surface area contributed by atoms with Crippen LogP contribution >= 0.6 is 23.5 Å². The summed E-state index contributed by atoms with van der Waals surface area (Å²) in [7, 11) is 1.88. The van der Waals surface area contributed by atoms with Gasteiger partial charge in [-0.05, 0) is 54.6 Å². The van der Waals surface area contributed by atoms with Gasteiger partial charge in [0.05, 0.1) is 40.3 Å². The molecule has 1 fully saturated rings. The zero-order valence-electron chi connectivity index (χ0n) is 20.8. The second kappa shape index (κ2) is 11.2. The molecule has 1 N–H and O–H groups in total. The molecule has 0 radical (unpaired) electrons. The van der Waals surface area contributed by atoms with Gasteiger partial charge in [-0.2, -0.15) is 5.26 Å². The molecule has 0 unspecified atom stereocenters. The molecule has 5 rings (SSSR count). The lowest BCUT2D eigenvalue weighted by atomic mass is 10.1. The van der Waals surface area contributed by atoms with Crippen LogP contribution in [0.5, 0.6) is 0 Å². The number of carbonyl (C=O) groups excluding carboxylic acids is 1. The number of halogens is 1. The van der Waals surface area contributed by atoms with Gasteiger partial charge in [-0.3, -0.25) is 9.69 Å². The normalized spacial score (nSPS) is 18.2. The third-order valence-corrected chi connectivity index (χ3v) is 8.26. The number of carbonyl (C=O) groups is 1. The van der Waals surface area contributed by atoms with Crippen LogP contribution in [-0.4, -0.2) is 34.5 Å². The second-order valence-corrected chi connectivity index (χ2v) is 10.4. The largest absolute Gasteiger partial charge is 0.384 e. The standard InChI is InChI=1S/C29H24FN5OS2/c1-3-32-23-13-12-20(16-31)14-24(23)33-29-35(17-19-8-5-4-6-9-19)27(36)26(38-29)28-34(2)25(18-37-28)21-10-7-11-22(30)15-21/h4-15,18,32H,3,17H2,1-2H3. The van der Waals surface area contributed by atoms with Crippen LogP contribution < -0.4 is 5.32 Å². The number of anilines is 1. The maximum Gasteiger partial charge on any atom is 0.269 e. The first-order valence-corrected chi connectivity index (χ1v) is 13.7. The molecule has 0 aromatic heterocycles. The van der Waals surface area contributed by atoms with Gasteiger partial charge in [0, 0.05) is 24.6 Å².